The van der Waals surface area contributed by atoms with E-state index in [0.717, 1.165) is 0 Å². The summed E-state index contributed by atoms with van der Waals surface area (Å²) >= 11 is 3.25. The van der Waals surface area contributed by atoms with Gasteiger partial charge in [-0.25, -0.2) is 13.2 Å². The molecule has 1 unspecified atom stereocenters. The minimum atomic E-state index is -0.632. The van der Waals surface area contributed by atoms with E-state index in [2.05, 4.69) is 21.2 Å². The summed E-state index contributed by atoms with van der Waals surface area (Å²) in [6, 6.07) is 7.15. The molecule has 0 heterocycles. The predicted octanol–water partition coefficient (Wildman–Crippen LogP) is 5.04. The number of hydrogen-bond donors (Lipinski definition) is 1. The molecule has 1 nitrogen and oxygen atoms in total. The summed E-state index contributed by atoms with van der Waals surface area (Å²) < 4.78 is 41.0. The van der Waals surface area contributed by atoms with Crippen molar-refractivity contribution in [1.82, 2.24) is 0 Å². The third kappa shape index (κ3) is 3.10. The second kappa shape index (κ2) is 5.65. The Labute approximate surface area is 117 Å². The minimum Gasteiger partial charge on any atom is -0.377 e. The summed E-state index contributed by atoms with van der Waals surface area (Å²) in [4.78, 5) is 0. The monoisotopic (exact) mass is 329 g/mol. The zero-order valence-corrected chi connectivity index (χ0v) is 11.6. The van der Waals surface area contributed by atoms with Crippen LogP contribution in [0.15, 0.2) is 40.9 Å². The van der Waals surface area contributed by atoms with Crippen LogP contribution in [0.5, 0.6) is 0 Å². The first kappa shape index (κ1) is 13.9. The van der Waals surface area contributed by atoms with Crippen molar-refractivity contribution in [1.29, 1.82) is 0 Å². The van der Waals surface area contributed by atoms with E-state index in [1.807, 2.05) is 0 Å². The zero-order valence-electron chi connectivity index (χ0n) is 10.1. The first-order valence-corrected chi connectivity index (χ1v) is 6.44. The van der Waals surface area contributed by atoms with Crippen LogP contribution in [0.1, 0.15) is 18.5 Å². The van der Waals surface area contributed by atoms with Gasteiger partial charge in [0.25, 0.3) is 0 Å². The SMILES string of the molecule is CC(Nc1cc(F)ccc1Br)c1c(F)cccc1F. The lowest BCUT2D eigenvalue weighted by Crippen LogP contribution is -2.11. The van der Waals surface area contributed by atoms with Crippen LogP contribution < -0.4 is 5.32 Å². The second-order valence-electron chi connectivity index (χ2n) is 4.13. The summed E-state index contributed by atoms with van der Waals surface area (Å²) in [5.74, 6) is -1.69. The van der Waals surface area contributed by atoms with Gasteiger partial charge in [0.1, 0.15) is 17.5 Å². The van der Waals surface area contributed by atoms with E-state index in [0.29, 0.717) is 10.2 Å². The van der Waals surface area contributed by atoms with Gasteiger partial charge in [-0.1, -0.05) is 6.07 Å². The normalized spacial score (nSPS) is 12.3. The summed E-state index contributed by atoms with van der Waals surface area (Å²) in [5.41, 5.74) is 0.369. The van der Waals surface area contributed by atoms with E-state index in [9.17, 15) is 13.2 Å². The molecule has 1 N–H and O–H groups in total. The lowest BCUT2D eigenvalue weighted by molar-refractivity contribution is 0.544. The van der Waals surface area contributed by atoms with Gasteiger partial charge in [-0.15, -0.1) is 0 Å². The maximum atomic E-state index is 13.6. The molecule has 0 fully saturated rings. The van der Waals surface area contributed by atoms with E-state index in [4.69, 9.17) is 0 Å². The molecule has 0 saturated carbocycles. The van der Waals surface area contributed by atoms with Crippen LogP contribution >= 0.6 is 15.9 Å². The fourth-order valence-electron chi connectivity index (χ4n) is 1.84. The summed E-state index contributed by atoms with van der Waals surface area (Å²) in [7, 11) is 0. The van der Waals surface area contributed by atoms with E-state index < -0.39 is 23.5 Å². The number of rotatable bonds is 3. The Balaban J connectivity index is 2.31. The van der Waals surface area contributed by atoms with E-state index in [1.165, 1.54) is 36.4 Å². The Morgan fingerprint density at radius 1 is 1.05 bits per heavy atom. The van der Waals surface area contributed by atoms with Crippen LogP contribution in [-0.2, 0) is 0 Å². The van der Waals surface area contributed by atoms with Crippen LogP contribution in [-0.4, -0.2) is 0 Å². The molecule has 0 amide bonds. The maximum Gasteiger partial charge on any atom is 0.131 e. The molecule has 0 saturated heterocycles. The Morgan fingerprint density at radius 2 is 1.68 bits per heavy atom. The number of nitrogens with one attached hydrogen (secondary N) is 1. The van der Waals surface area contributed by atoms with E-state index in [1.54, 1.807) is 6.92 Å². The molecule has 1 atom stereocenters. The van der Waals surface area contributed by atoms with E-state index in [-0.39, 0.29) is 5.56 Å². The number of halogens is 4. The molecular formula is C14H11BrF3N. The number of hydrogen-bond acceptors (Lipinski definition) is 1. The van der Waals surface area contributed by atoms with Crippen LogP contribution in [0, 0.1) is 17.5 Å². The highest BCUT2D eigenvalue weighted by Crippen LogP contribution is 2.29. The van der Waals surface area contributed by atoms with Crippen molar-refractivity contribution in [2.24, 2.45) is 0 Å². The molecule has 5 heteroatoms. The zero-order chi connectivity index (χ0) is 14.0. The van der Waals surface area contributed by atoms with Crippen LogP contribution in [0.3, 0.4) is 0 Å². The average molecular weight is 330 g/mol. The maximum absolute atomic E-state index is 13.6. The predicted molar refractivity (Wildman–Crippen MR) is 72.5 cm³/mol. The quantitative estimate of drug-likeness (QED) is 0.831. The van der Waals surface area contributed by atoms with Gasteiger partial charge in [-0.3, -0.25) is 0 Å². The van der Waals surface area contributed by atoms with Gasteiger partial charge >= 0.3 is 0 Å². The van der Waals surface area contributed by atoms with Crippen molar-refractivity contribution < 1.29 is 13.2 Å². The fraction of sp³-hybridized carbons (Fsp3) is 0.143. The average Bonchev–Trinajstić information content (AvgIpc) is 2.33. The molecule has 0 aliphatic heterocycles. The Kier molecular flexibility index (Phi) is 4.14. The van der Waals surface area contributed by atoms with Gasteiger partial charge in [0.05, 0.1) is 11.7 Å². The van der Waals surface area contributed by atoms with Gasteiger partial charge in [0, 0.05) is 10.0 Å². The van der Waals surface area contributed by atoms with Crippen LogP contribution in [0.4, 0.5) is 18.9 Å². The van der Waals surface area contributed by atoms with Crippen molar-refractivity contribution >= 4 is 21.6 Å². The third-order valence-corrected chi connectivity index (χ3v) is 3.42. The lowest BCUT2D eigenvalue weighted by Gasteiger charge is -2.18. The highest BCUT2D eigenvalue weighted by Gasteiger charge is 2.16. The van der Waals surface area contributed by atoms with Crippen molar-refractivity contribution in [2.45, 2.75) is 13.0 Å². The lowest BCUT2D eigenvalue weighted by atomic mass is 10.1. The smallest absolute Gasteiger partial charge is 0.131 e. The molecule has 0 aromatic heterocycles. The van der Waals surface area contributed by atoms with E-state index >= 15 is 0 Å². The standard InChI is InChI=1S/C14H11BrF3N/c1-8(14-11(17)3-2-4-12(14)18)19-13-7-9(16)5-6-10(13)15/h2-8,19H,1H3. The molecule has 2 aromatic carbocycles. The van der Waals surface area contributed by atoms with Crippen molar-refractivity contribution in [2.75, 3.05) is 5.32 Å². The first-order chi connectivity index (χ1) is 8.99. The molecule has 2 aromatic rings. The molecular weight excluding hydrogens is 319 g/mol. The number of benzene rings is 2. The summed E-state index contributed by atoms with van der Waals surface area (Å²) in [6.45, 7) is 1.61. The van der Waals surface area contributed by atoms with Gasteiger partial charge in [-0.05, 0) is 53.2 Å². The Bertz CT molecular complexity index is 581. The fourth-order valence-corrected chi connectivity index (χ4v) is 2.20. The highest BCUT2D eigenvalue weighted by molar-refractivity contribution is 9.10. The molecule has 0 radical (unpaired) electrons. The largest absolute Gasteiger partial charge is 0.377 e. The van der Waals surface area contributed by atoms with Gasteiger partial charge in [0.2, 0.25) is 0 Å². The Hall–Kier alpha value is -1.49. The van der Waals surface area contributed by atoms with Crippen molar-refractivity contribution in [3.63, 3.8) is 0 Å². The van der Waals surface area contributed by atoms with Gasteiger partial charge in [-0.2, -0.15) is 0 Å². The second-order valence-corrected chi connectivity index (χ2v) is 4.98. The molecule has 0 aliphatic rings. The van der Waals surface area contributed by atoms with Crippen molar-refractivity contribution in [3.05, 3.63) is 63.9 Å². The third-order valence-electron chi connectivity index (χ3n) is 2.73. The molecule has 19 heavy (non-hydrogen) atoms. The molecule has 100 valence electrons. The van der Waals surface area contributed by atoms with Crippen molar-refractivity contribution in [3.8, 4) is 0 Å². The topological polar surface area (TPSA) is 12.0 Å². The first-order valence-electron chi connectivity index (χ1n) is 5.64. The molecule has 0 aliphatic carbocycles. The van der Waals surface area contributed by atoms with Crippen LogP contribution in [0.2, 0.25) is 0 Å². The number of anilines is 1. The van der Waals surface area contributed by atoms with Crippen LogP contribution in [0.25, 0.3) is 0 Å². The molecule has 0 bridgehead atoms. The highest BCUT2D eigenvalue weighted by atomic mass is 79.9. The molecule has 2 rings (SSSR count). The Morgan fingerprint density at radius 3 is 2.32 bits per heavy atom. The molecule has 0 spiro atoms. The van der Waals surface area contributed by atoms with Gasteiger partial charge in [0.15, 0.2) is 0 Å². The summed E-state index contributed by atoms with van der Waals surface area (Å²) in [6.07, 6.45) is 0. The van der Waals surface area contributed by atoms with Gasteiger partial charge < -0.3 is 5.32 Å². The summed E-state index contributed by atoms with van der Waals surface area (Å²) in [5, 5.41) is 2.88. The minimum absolute atomic E-state index is 0.0707.